The summed E-state index contributed by atoms with van der Waals surface area (Å²) in [5.41, 5.74) is 3.66. The van der Waals surface area contributed by atoms with Gasteiger partial charge in [0.2, 0.25) is 0 Å². The van der Waals surface area contributed by atoms with Crippen LogP contribution < -0.4 is 20.4 Å². The normalized spacial score (nSPS) is 8.80. The third-order valence-electron chi connectivity index (χ3n) is 5.91. The van der Waals surface area contributed by atoms with Crippen LogP contribution >= 0.6 is 0 Å². The molecule has 0 aromatic carbocycles. The molecule has 0 N–H and O–H groups in total. The molecule has 8 heterocycles. The Morgan fingerprint density at radius 1 is 0.386 bits per heavy atom. The number of hydrogen-bond donors (Lipinski definition) is 0. The van der Waals surface area contributed by atoms with E-state index in [2.05, 4.69) is 82.0 Å². The number of aromatic nitrogens is 20. The smallest absolute Gasteiger partial charge is 0.548 e. The van der Waals surface area contributed by atoms with E-state index in [-0.39, 0.29) is 125 Å². The Labute approximate surface area is 470 Å². The summed E-state index contributed by atoms with van der Waals surface area (Å²) >= 11 is 0. The van der Waals surface area contributed by atoms with Gasteiger partial charge in [-0.25, -0.2) is 18.7 Å². The van der Waals surface area contributed by atoms with E-state index in [1.807, 2.05) is 72.8 Å². The number of nitrogens with zero attached hydrogens (tertiary/aromatic N) is 22. The molecule has 364 valence electrons. The first kappa shape index (κ1) is 64.4. The Balaban J connectivity index is 0. The van der Waals surface area contributed by atoms with Gasteiger partial charge in [-0.3, -0.25) is 19.9 Å². The van der Waals surface area contributed by atoms with Gasteiger partial charge >= 0.3 is 98.8 Å². The minimum Gasteiger partial charge on any atom is -0.548 e. The van der Waals surface area contributed by atoms with E-state index >= 15 is 0 Å². The molecule has 0 atom stereocenters. The van der Waals surface area contributed by atoms with Gasteiger partial charge in [-0.1, -0.05) is 24.3 Å². The number of carbonyl (C=O) groups excluding carboxylic acids is 4. The van der Waals surface area contributed by atoms with E-state index in [0.29, 0.717) is 0 Å². The fraction of sp³-hybridized carbons (Fsp3) is 0.125. The van der Waals surface area contributed by atoms with Crippen LogP contribution in [0.3, 0.4) is 0 Å². The van der Waals surface area contributed by atoms with Crippen LogP contribution in [0.25, 0.3) is 22.8 Å². The number of aliphatic carboxylic acids is 4. The maximum absolute atomic E-state index is 9.84. The standard InChI is InChI=1S/2C10H8N2.4C3H4N4O2.2Eu.2NO3/c2*1-3-7-11-9(5-1)10-6-2-4-8-12-10;4*8-3(9)1-7-2-4-5-6-7;;;2*2-1(3)4/h2*1-8H;4*2H,1H2,(H,8,9);;;;/q;;;;;;2*+3;2*-1/p-4. The molecule has 36 nitrogen and oxygen atoms in total. The maximum Gasteiger partial charge on any atom is 3.00 e. The third-order valence-corrected chi connectivity index (χ3v) is 5.91. The van der Waals surface area contributed by atoms with E-state index in [4.69, 9.17) is 30.6 Å². The average molecular weight is 1250 g/mol. The van der Waals surface area contributed by atoms with Crippen LogP contribution in [0.15, 0.2) is 123 Å². The van der Waals surface area contributed by atoms with E-state index in [9.17, 15) is 39.6 Å². The zero-order valence-electron chi connectivity index (χ0n) is 34.7. The Bertz CT molecular complexity index is 2210. The zero-order valence-corrected chi connectivity index (χ0v) is 39.5. The van der Waals surface area contributed by atoms with Gasteiger partial charge in [-0.15, -0.1) is 20.4 Å². The Morgan fingerprint density at radius 2 is 0.571 bits per heavy atom. The molecule has 0 saturated heterocycles. The molecule has 0 amide bonds. The molecule has 0 aliphatic heterocycles. The molecule has 0 radical (unpaired) electrons. The van der Waals surface area contributed by atoms with Crippen LogP contribution in [-0.2, 0) is 45.4 Å². The van der Waals surface area contributed by atoms with Crippen molar-refractivity contribution in [2.45, 2.75) is 26.2 Å². The van der Waals surface area contributed by atoms with E-state index in [1.165, 1.54) is 25.3 Å². The summed E-state index contributed by atoms with van der Waals surface area (Å²) in [6.07, 6.45) is 11.9. The molecule has 70 heavy (non-hydrogen) atoms. The van der Waals surface area contributed by atoms with Gasteiger partial charge in [0.1, 0.15) is 25.3 Å². The first-order valence-corrected chi connectivity index (χ1v) is 17.5. The Hall–Kier alpha value is -7.67. The number of tetrazole rings is 4. The second kappa shape index (κ2) is 40.4. The summed E-state index contributed by atoms with van der Waals surface area (Å²) in [5.74, 6) is -4.82. The second-order valence-electron chi connectivity index (χ2n) is 10.8. The fourth-order valence-electron chi connectivity index (χ4n) is 3.60. The van der Waals surface area contributed by atoms with Crippen molar-refractivity contribution in [3.05, 3.63) is 154 Å². The van der Waals surface area contributed by atoms with Crippen molar-refractivity contribution in [3.63, 3.8) is 0 Å². The van der Waals surface area contributed by atoms with Gasteiger partial charge in [0, 0.05) is 24.8 Å². The fourth-order valence-corrected chi connectivity index (χ4v) is 3.60. The van der Waals surface area contributed by atoms with Crippen molar-refractivity contribution in [2.75, 3.05) is 0 Å². The van der Waals surface area contributed by atoms with Crippen LogP contribution in [0.1, 0.15) is 0 Å². The molecule has 8 aromatic heterocycles. The predicted molar refractivity (Wildman–Crippen MR) is 207 cm³/mol. The third kappa shape index (κ3) is 36.4. The number of carboxylic acid groups (broad SMARTS) is 4. The van der Waals surface area contributed by atoms with Crippen LogP contribution in [0.5, 0.6) is 0 Å². The SMILES string of the molecule is O=C([O-])Cn1cnnn1.O=C([O-])Cn1cnnn1.O=C([O-])Cn1cnnn1.O=C([O-])Cn1cnnn1.O=[N+]([O-])[O-].O=[N+]([O-])[O-].[Eu+3].[Eu+3].c1ccc(-c2ccccn2)nc1.c1ccc(-c2ccccn2)nc1. The van der Waals surface area contributed by atoms with Gasteiger partial charge < -0.3 is 70.2 Å². The monoisotopic (exact) mass is 1250 g/mol. The van der Waals surface area contributed by atoms with Gasteiger partial charge in [-0.2, -0.15) is 0 Å². The van der Waals surface area contributed by atoms with Crippen molar-refractivity contribution >= 4 is 23.9 Å². The second-order valence-corrected chi connectivity index (χ2v) is 10.8. The summed E-state index contributed by atoms with van der Waals surface area (Å²) < 4.78 is 4.26. The van der Waals surface area contributed by atoms with Gasteiger partial charge in [-0.05, 0) is 90.2 Å². The number of rotatable bonds is 10. The molecule has 0 bridgehead atoms. The first-order chi connectivity index (χ1) is 32.5. The van der Waals surface area contributed by atoms with Gasteiger partial charge in [0.25, 0.3) is 0 Å². The number of carboxylic acids is 4. The molecule has 0 aliphatic rings. The van der Waals surface area contributed by atoms with Gasteiger partial charge in [0.05, 0.1) is 83.0 Å². The van der Waals surface area contributed by atoms with Gasteiger partial charge in [0.15, 0.2) is 0 Å². The van der Waals surface area contributed by atoms with Crippen molar-refractivity contribution < 1.29 is 149 Å². The van der Waals surface area contributed by atoms with E-state index in [1.54, 1.807) is 24.8 Å². The van der Waals surface area contributed by atoms with Crippen molar-refractivity contribution in [1.82, 2.24) is 101 Å². The molecular formula is C32H28Eu2N22O14. The molecule has 8 aromatic rings. The van der Waals surface area contributed by atoms with Crippen molar-refractivity contribution in [2.24, 2.45) is 0 Å². The summed E-state index contributed by atoms with van der Waals surface area (Å²) in [7, 11) is 0. The molecule has 0 saturated carbocycles. The van der Waals surface area contributed by atoms with Crippen LogP contribution in [0.2, 0.25) is 0 Å². The Kier molecular flexibility index (Phi) is 37.2. The van der Waals surface area contributed by atoms with Crippen LogP contribution in [0.4, 0.5) is 0 Å². The van der Waals surface area contributed by atoms with E-state index in [0.717, 1.165) is 41.5 Å². The Morgan fingerprint density at radius 3 is 0.686 bits per heavy atom. The van der Waals surface area contributed by atoms with Crippen LogP contribution in [0, 0.1) is 129 Å². The topological polar surface area (TPSA) is 519 Å². The summed E-state index contributed by atoms with van der Waals surface area (Å²) in [5, 5.41) is 108. The zero-order chi connectivity index (χ0) is 50.4. The van der Waals surface area contributed by atoms with Crippen LogP contribution in [-0.4, -0.2) is 135 Å². The number of pyridine rings is 4. The quantitative estimate of drug-likeness (QED) is 0.0907. The number of carbonyl (C=O) groups is 4. The first-order valence-electron chi connectivity index (χ1n) is 17.5. The molecule has 0 aliphatic carbocycles. The summed E-state index contributed by atoms with van der Waals surface area (Å²) in [6, 6.07) is 23.2. The molecule has 0 unspecified atom stereocenters. The minimum atomic E-state index is -1.75. The minimum absolute atomic E-state index is 0. The molecular weight excluding hydrogens is 1220 g/mol. The summed E-state index contributed by atoms with van der Waals surface area (Å²) in [4.78, 5) is 72.6. The molecule has 0 fully saturated rings. The largest absolute Gasteiger partial charge is 3.00 e. The van der Waals surface area contributed by atoms with Crippen molar-refractivity contribution in [3.8, 4) is 22.8 Å². The van der Waals surface area contributed by atoms with Crippen molar-refractivity contribution in [1.29, 1.82) is 0 Å². The summed E-state index contributed by atoms with van der Waals surface area (Å²) in [6.45, 7) is -1.19. The predicted octanol–water partition coefficient (Wildman–Crippen LogP) is -6.50. The average Bonchev–Trinajstić information content (AvgIpc) is 4.17. The molecule has 38 heteroatoms. The molecule has 0 spiro atoms. The molecule has 8 rings (SSSR count). The maximum atomic E-state index is 9.84. The van der Waals surface area contributed by atoms with E-state index < -0.39 is 34.1 Å². The number of hydrogen-bond acceptors (Lipinski definition) is 30.